The maximum atomic E-state index is 14.1. The van der Waals surface area contributed by atoms with E-state index < -0.39 is 0 Å². The van der Waals surface area contributed by atoms with E-state index in [-0.39, 0.29) is 23.5 Å². The van der Waals surface area contributed by atoms with E-state index in [2.05, 4.69) is 15.5 Å². The molecular weight excluding hydrogens is 327 g/mol. The second-order valence-corrected chi connectivity index (χ2v) is 7.00. The molecule has 1 N–H and O–H groups in total. The standard InChI is InChI=1S/C17H21FN4OS/c1-3-11(2)19-15(23)10-24-17-21-20-16(22(17)12-8-9-12)13-6-4-5-7-14(13)18/h4-7,11-12H,3,8-10H2,1-2H3,(H,19,23). The molecule has 1 aliphatic carbocycles. The zero-order valence-electron chi connectivity index (χ0n) is 13.8. The van der Waals surface area contributed by atoms with Gasteiger partial charge in [0.15, 0.2) is 11.0 Å². The highest BCUT2D eigenvalue weighted by Crippen LogP contribution is 2.41. The SMILES string of the molecule is CCC(C)NC(=O)CSc1nnc(-c2ccccc2F)n1C1CC1. The number of halogens is 1. The summed E-state index contributed by atoms with van der Waals surface area (Å²) in [7, 11) is 0. The number of aromatic nitrogens is 3. The van der Waals surface area contributed by atoms with Gasteiger partial charge < -0.3 is 5.32 Å². The van der Waals surface area contributed by atoms with E-state index in [1.807, 2.05) is 18.4 Å². The van der Waals surface area contributed by atoms with Gasteiger partial charge in [-0.05, 0) is 38.3 Å². The molecule has 0 bridgehead atoms. The number of hydrogen-bond acceptors (Lipinski definition) is 4. The number of hydrogen-bond donors (Lipinski definition) is 1. The van der Waals surface area contributed by atoms with Gasteiger partial charge in [0.1, 0.15) is 5.82 Å². The van der Waals surface area contributed by atoms with Crippen molar-refractivity contribution in [3.05, 3.63) is 30.1 Å². The average Bonchev–Trinajstić information content (AvgIpc) is 3.33. The molecule has 1 aromatic heterocycles. The fraction of sp³-hybridized carbons (Fsp3) is 0.471. The van der Waals surface area contributed by atoms with E-state index in [9.17, 15) is 9.18 Å². The van der Waals surface area contributed by atoms with Crippen LogP contribution in [-0.2, 0) is 4.79 Å². The van der Waals surface area contributed by atoms with Crippen LogP contribution in [0.3, 0.4) is 0 Å². The summed E-state index contributed by atoms with van der Waals surface area (Å²) in [4.78, 5) is 12.0. The van der Waals surface area contributed by atoms with E-state index in [1.54, 1.807) is 18.2 Å². The molecule has 0 spiro atoms. The molecule has 1 saturated carbocycles. The second-order valence-electron chi connectivity index (χ2n) is 6.05. The summed E-state index contributed by atoms with van der Waals surface area (Å²) in [5.74, 6) is 0.498. The minimum Gasteiger partial charge on any atom is -0.353 e. The van der Waals surface area contributed by atoms with Crippen LogP contribution in [0.1, 0.15) is 39.2 Å². The Morgan fingerprint density at radius 1 is 1.42 bits per heavy atom. The van der Waals surface area contributed by atoms with Gasteiger partial charge >= 0.3 is 0 Å². The molecule has 3 rings (SSSR count). The maximum Gasteiger partial charge on any atom is 0.230 e. The highest BCUT2D eigenvalue weighted by atomic mass is 32.2. The predicted molar refractivity (Wildman–Crippen MR) is 92.3 cm³/mol. The van der Waals surface area contributed by atoms with Crippen LogP contribution in [0.5, 0.6) is 0 Å². The van der Waals surface area contributed by atoms with Gasteiger partial charge in [-0.2, -0.15) is 0 Å². The minimum absolute atomic E-state index is 0.0212. The molecule has 0 radical (unpaired) electrons. The van der Waals surface area contributed by atoms with Crippen molar-refractivity contribution in [3.8, 4) is 11.4 Å². The van der Waals surface area contributed by atoms with Gasteiger partial charge in [0.05, 0.1) is 11.3 Å². The molecule has 0 aliphatic heterocycles. The molecule has 7 heteroatoms. The Morgan fingerprint density at radius 2 is 2.17 bits per heavy atom. The van der Waals surface area contributed by atoms with E-state index in [1.165, 1.54) is 17.8 Å². The summed E-state index contributed by atoms with van der Waals surface area (Å²) in [5.41, 5.74) is 0.452. The van der Waals surface area contributed by atoms with Gasteiger partial charge in [-0.25, -0.2) is 4.39 Å². The van der Waals surface area contributed by atoms with Crippen molar-refractivity contribution in [3.63, 3.8) is 0 Å². The quantitative estimate of drug-likeness (QED) is 0.779. The van der Waals surface area contributed by atoms with Gasteiger partial charge in [-0.1, -0.05) is 30.8 Å². The Balaban J connectivity index is 1.78. The number of carbonyl (C=O) groups is 1. The molecule has 1 aliphatic rings. The topological polar surface area (TPSA) is 59.8 Å². The Morgan fingerprint density at radius 3 is 2.83 bits per heavy atom. The zero-order valence-corrected chi connectivity index (χ0v) is 14.6. The van der Waals surface area contributed by atoms with E-state index >= 15 is 0 Å². The summed E-state index contributed by atoms with van der Waals surface area (Å²) < 4.78 is 16.1. The van der Waals surface area contributed by atoms with E-state index in [0.29, 0.717) is 22.6 Å². The van der Waals surface area contributed by atoms with Crippen LogP contribution in [0.15, 0.2) is 29.4 Å². The first-order valence-electron chi connectivity index (χ1n) is 8.22. The Hall–Kier alpha value is -1.89. The van der Waals surface area contributed by atoms with Crippen LogP contribution in [0.4, 0.5) is 4.39 Å². The van der Waals surface area contributed by atoms with E-state index in [4.69, 9.17) is 0 Å². The lowest BCUT2D eigenvalue weighted by Gasteiger charge is -2.12. The molecule has 24 heavy (non-hydrogen) atoms. The van der Waals surface area contributed by atoms with Crippen molar-refractivity contribution in [1.82, 2.24) is 20.1 Å². The van der Waals surface area contributed by atoms with Crippen LogP contribution >= 0.6 is 11.8 Å². The molecule has 1 amide bonds. The summed E-state index contributed by atoms with van der Waals surface area (Å²) in [6.45, 7) is 4.01. The van der Waals surface area contributed by atoms with Gasteiger partial charge in [0.25, 0.3) is 0 Å². The van der Waals surface area contributed by atoms with E-state index in [0.717, 1.165) is 19.3 Å². The molecule has 1 heterocycles. The highest BCUT2D eigenvalue weighted by Gasteiger charge is 2.31. The third-order valence-electron chi connectivity index (χ3n) is 4.04. The third kappa shape index (κ3) is 3.77. The second kappa shape index (κ2) is 7.34. The number of carbonyl (C=O) groups excluding carboxylic acids is 1. The molecule has 128 valence electrons. The molecule has 1 unspecified atom stereocenters. The lowest BCUT2D eigenvalue weighted by atomic mass is 10.2. The summed E-state index contributed by atoms with van der Waals surface area (Å²) in [6.07, 6.45) is 2.96. The summed E-state index contributed by atoms with van der Waals surface area (Å²) >= 11 is 1.35. The lowest BCUT2D eigenvalue weighted by Crippen LogP contribution is -2.33. The monoisotopic (exact) mass is 348 g/mol. The Labute approximate surface area is 145 Å². The minimum atomic E-state index is -0.308. The Bertz CT molecular complexity index is 729. The first kappa shape index (κ1) is 17.0. The molecule has 1 aromatic carbocycles. The molecule has 1 fully saturated rings. The molecule has 1 atom stereocenters. The number of nitrogens with zero attached hydrogens (tertiary/aromatic N) is 3. The highest BCUT2D eigenvalue weighted by molar-refractivity contribution is 7.99. The fourth-order valence-electron chi connectivity index (χ4n) is 2.41. The van der Waals surface area contributed by atoms with Crippen molar-refractivity contribution in [2.24, 2.45) is 0 Å². The normalized spacial score (nSPS) is 15.3. The zero-order chi connectivity index (χ0) is 17.1. The number of rotatable bonds is 7. The number of amides is 1. The lowest BCUT2D eigenvalue weighted by molar-refractivity contribution is -0.119. The van der Waals surface area contributed by atoms with Crippen LogP contribution in [0, 0.1) is 5.82 Å². The van der Waals surface area contributed by atoms with Crippen LogP contribution in [0.25, 0.3) is 11.4 Å². The summed E-state index contributed by atoms with van der Waals surface area (Å²) in [6, 6.07) is 7.04. The van der Waals surface area contributed by atoms with Gasteiger partial charge in [0.2, 0.25) is 5.91 Å². The maximum absolute atomic E-state index is 14.1. The van der Waals surface area contributed by atoms with Crippen LogP contribution in [-0.4, -0.2) is 32.5 Å². The van der Waals surface area contributed by atoms with Gasteiger partial charge in [-0.15, -0.1) is 10.2 Å². The molecule has 2 aromatic rings. The molecular formula is C17H21FN4OS. The first-order chi connectivity index (χ1) is 11.6. The first-order valence-corrected chi connectivity index (χ1v) is 9.20. The fourth-order valence-corrected chi connectivity index (χ4v) is 3.23. The number of benzene rings is 1. The molecule has 0 saturated heterocycles. The molecule has 5 nitrogen and oxygen atoms in total. The van der Waals surface area contributed by atoms with Crippen molar-refractivity contribution in [2.75, 3.05) is 5.75 Å². The number of nitrogens with one attached hydrogen (secondary N) is 1. The van der Waals surface area contributed by atoms with Crippen LogP contribution in [0.2, 0.25) is 0 Å². The van der Waals surface area contributed by atoms with Crippen molar-refractivity contribution in [1.29, 1.82) is 0 Å². The predicted octanol–water partition coefficient (Wildman–Crippen LogP) is 3.43. The number of thioether (sulfide) groups is 1. The van der Waals surface area contributed by atoms with Gasteiger partial charge in [0, 0.05) is 12.1 Å². The third-order valence-corrected chi connectivity index (χ3v) is 4.99. The van der Waals surface area contributed by atoms with Crippen molar-refractivity contribution in [2.45, 2.75) is 50.4 Å². The van der Waals surface area contributed by atoms with Crippen LogP contribution < -0.4 is 5.32 Å². The average molecular weight is 348 g/mol. The van der Waals surface area contributed by atoms with Crippen molar-refractivity contribution >= 4 is 17.7 Å². The smallest absolute Gasteiger partial charge is 0.230 e. The Kier molecular flexibility index (Phi) is 5.18. The van der Waals surface area contributed by atoms with Crippen molar-refractivity contribution < 1.29 is 9.18 Å². The van der Waals surface area contributed by atoms with Gasteiger partial charge in [-0.3, -0.25) is 9.36 Å². The largest absolute Gasteiger partial charge is 0.353 e. The summed E-state index contributed by atoms with van der Waals surface area (Å²) in [5, 5.41) is 12.0.